The summed E-state index contributed by atoms with van der Waals surface area (Å²) in [6, 6.07) is 6.07. The summed E-state index contributed by atoms with van der Waals surface area (Å²) in [6.45, 7) is 3.15. The molecule has 2 N–H and O–H groups in total. The van der Waals surface area contributed by atoms with E-state index in [0.717, 1.165) is 43.5 Å². The molecule has 108 valence electrons. The van der Waals surface area contributed by atoms with Crippen molar-refractivity contribution >= 4 is 11.6 Å². The fourth-order valence-corrected chi connectivity index (χ4v) is 3.50. The first kappa shape index (κ1) is 13.5. The lowest BCUT2D eigenvalue weighted by molar-refractivity contribution is 0.0883. The summed E-state index contributed by atoms with van der Waals surface area (Å²) in [5.41, 5.74) is 3.12. The molecule has 1 aliphatic heterocycles. The van der Waals surface area contributed by atoms with Gasteiger partial charge < -0.3 is 10.6 Å². The molecule has 0 aromatic heterocycles. The molecule has 20 heavy (non-hydrogen) atoms. The third kappa shape index (κ3) is 2.67. The molecule has 0 bridgehead atoms. The van der Waals surface area contributed by atoms with Gasteiger partial charge in [0.15, 0.2) is 0 Å². The Hall–Kier alpha value is -1.51. The second-order valence-electron chi connectivity index (χ2n) is 6.45. The van der Waals surface area contributed by atoms with E-state index in [4.69, 9.17) is 0 Å². The summed E-state index contributed by atoms with van der Waals surface area (Å²) in [7, 11) is 0. The zero-order chi connectivity index (χ0) is 14.0. The number of anilines is 1. The third-order valence-corrected chi connectivity index (χ3v) is 4.69. The van der Waals surface area contributed by atoms with Crippen molar-refractivity contribution in [3.8, 4) is 0 Å². The van der Waals surface area contributed by atoms with Crippen LogP contribution in [0.2, 0.25) is 0 Å². The molecule has 3 heteroatoms. The minimum atomic E-state index is -0.0211. The van der Waals surface area contributed by atoms with Gasteiger partial charge in [0.25, 0.3) is 5.91 Å². The number of carbonyl (C=O) groups excluding carboxylic acids is 1. The predicted molar refractivity (Wildman–Crippen MR) is 82.2 cm³/mol. The van der Waals surface area contributed by atoms with Gasteiger partial charge in [-0.3, -0.25) is 4.79 Å². The van der Waals surface area contributed by atoms with Crippen LogP contribution < -0.4 is 10.6 Å². The molecule has 0 unspecified atom stereocenters. The highest BCUT2D eigenvalue weighted by Crippen LogP contribution is 2.30. The Morgan fingerprint density at radius 1 is 1.20 bits per heavy atom. The maximum absolute atomic E-state index is 12.6. The highest BCUT2D eigenvalue weighted by Gasteiger charge is 2.29. The predicted octanol–water partition coefficient (Wildman–Crippen LogP) is 3.50. The van der Waals surface area contributed by atoms with Crippen molar-refractivity contribution in [1.29, 1.82) is 0 Å². The van der Waals surface area contributed by atoms with Gasteiger partial charge in [0.1, 0.15) is 0 Å². The van der Waals surface area contributed by atoms with E-state index in [1.807, 2.05) is 12.1 Å². The molecule has 0 saturated heterocycles. The van der Waals surface area contributed by atoms with E-state index in [0.29, 0.717) is 0 Å². The molecule has 1 saturated carbocycles. The van der Waals surface area contributed by atoms with Crippen molar-refractivity contribution in [3.05, 3.63) is 29.3 Å². The molecule has 0 spiro atoms. The number of carbonyl (C=O) groups is 1. The molecule has 3 rings (SSSR count). The van der Waals surface area contributed by atoms with Crippen molar-refractivity contribution in [2.45, 2.75) is 57.4 Å². The molecule has 1 aromatic rings. The molecular formula is C17H24N2O. The highest BCUT2D eigenvalue weighted by molar-refractivity contribution is 6.00. The number of para-hydroxylation sites is 1. The van der Waals surface area contributed by atoms with Crippen LogP contribution in [0.1, 0.15) is 61.4 Å². The Morgan fingerprint density at radius 3 is 2.80 bits per heavy atom. The SMILES string of the molecule is CC1(NC(=O)c2cccc3c2NCCC3)CCCCC1. The van der Waals surface area contributed by atoms with E-state index >= 15 is 0 Å². The van der Waals surface area contributed by atoms with Crippen LogP contribution in [0.15, 0.2) is 18.2 Å². The van der Waals surface area contributed by atoms with Gasteiger partial charge in [-0.25, -0.2) is 0 Å². The van der Waals surface area contributed by atoms with Gasteiger partial charge in [0.2, 0.25) is 0 Å². The lowest BCUT2D eigenvalue weighted by atomic mass is 9.83. The molecule has 0 atom stereocenters. The Bertz CT molecular complexity index is 504. The van der Waals surface area contributed by atoms with Crippen LogP contribution in [-0.2, 0) is 6.42 Å². The maximum atomic E-state index is 12.6. The summed E-state index contributed by atoms with van der Waals surface area (Å²) in [6.07, 6.45) is 8.16. The lowest BCUT2D eigenvalue weighted by Crippen LogP contribution is -2.47. The average molecular weight is 272 g/mol. The van der Waals surface area contributed by atoms with Gasteiger partial charge >= 0.3 is 0 Å². The van der Waals surface area contributed by atoms with Gasteiger partial charge in [0.05, 0.1) is 11.3 Å². The summed E-state index contributed by atoms with van der Waals surface area (Å²) < 4.78 is 0. The number of aryl methyl sites for hydroxylation is 1. The van der Waals surface area contributed by atoms with E-state index < -0.39 is 0 Å². The summed E-state index contributed by atoms with van der Waals surface area (Å²) in [4.78, 5) is 12.6. The molecule has 0 radical (unpaired) electrons. The van der Waals surface area contributed by atoms with Crippen LogP contribution in [0.4, 0.5) is 5.69 Å². The van der Waals surface area contributed by atoms with E-state index in [9.17, 15) is 4.79 Å². The van der Waals surface area contributed by atoms with Crippen LogP contribution in [-0.4, -0.2) is 18.0 Å². The fourth-order valence-electron chi connectivity index (χ4n) is 3.50. The van der Waals surface area contributed by atoms with Crippen LogP contribution in [0.25, 0.3) is 0 Å². The molecule has 1 heterocycles. The first-order valence-electron chi connectivity index (χ1n) is 7.86. The lowest BCUT2D eigenvalue weighted by Gasteiger charge is -2.35. The van der Waals surface area contributed by atoms with Gasteiger partial charge in [-0.2, -0.15) is 0 Å². The smallest absolute Gasteiger partial charge is 0.253 e. The molecule has 2 aliphatic rings. The van der Waals surface area contributed by atoms with Crippen LogP contribution in [0.5, 0.6) is 0 Å². The van der Waals surface area contributed by atoms with Gasteiger partial charge in [-0.1, -0.05) is 31.4 Å². The second kappa shape index (κ2) is 5.47. The number of hydrogen-bond donors (Lipinski definition) is 2. The van der Waals surface area contributed by atoms with E-state index in [2.05, 4.69) is 23.6 Å². The molecule has 1 aliphatic carbocycles. The Labute approximate surface area is 121 Å². The van der Waals surface area contributed by atoms with Crippen LogP contribution in [0.3, 0.4) is 0 Å². The number of nitrogens with one attached hydrogen (secondary N) is 2. The normalized spacial score (nSPS) is 20.6. The minimum Gasteiger partial charge on any atom is -0.384 e. The maximum Gasteiger partial charge on any atom is 0.253 e. The standard InChI is InChI=1S/C17H24N2O/c1-17(10-3-2-4-11-17)19-16(20)14-9-5-7-13-8-6-12-18-15(13)14/h5,7,9,18H,2-4,6,8,10-12H2,1H3,(H,19,20). The monoisotopic (exact) mass is 272 g/mol. The Kier molecular flexibility index (Phi) is 3.68. The Morgan fingerprint density at radius 2 is 2.00 bits per heavy atom. The minimum absolute atomic E-state index is 0.0211. The van der Waals surface area contributed by atoms with E-state index in [1.165, 1.54) is 24.8 Å². The molecule has 1 amide bonds. The Balaban J connectivity index is 1.80. The van der Waals surface area contributed by atoms with Crippen molar-refractivity contribution in [1.82, 2.24) is 5.32 Å². The number of rotatable bonds is 2. The van der Waals surface area contributed by atoms with Gasteiger partial charge in [-0.15, -0.1) is 0 Å². The second-order valence-corrected chi connectivity index (χ2v) is 6.45. The molecular weight excluding hydrogens is 248 g/mol. The van der Waals surface area contributed by atoms with Crippen molar-refractivity contribution in [3.63, 3.8) is 0 Å². The van der Waals surface area contributed by atoms with Crippen molar-refractivity contribution < 1.29 is 4.79 Å². The van der Waals surface area contributed by atoms with Gasteiger partial charge in [-0.05, 0) is 44.2 Å². The topological polar surface area (TPSA) is 41.1 Å². The van der Waals surface area contributed by atoms with E-state index in [-0.39, 0.29) is 11.4 Å². The summed E-state index contributed by atoms with van der Waals surface area (Å²) in [5.74, 6) is 0.0839. The average Bonchev–Trinajstić information content (AvgIpc) is 2.47. The number of amides is 1. The zero-order valence-electron chi connectivity index (χ0n) is 12.3. The number of benzene rings is 1. The first-order valence-corrected chi connectivity index (χ1v) is 7.86. The molecule has 3 nitrogen and oxygen atoms in total. The third-order valence-electron chi connectivity index (χ3n) is 4.69. The van der Waals surface area contributed by atoms with Crippen molar-refractivity contribution in [2.24, 2.45) is 0 Å². The highest BCUT2D eigenvalue weighted by atomic mass is 16.1. The quantitative estimate of drug-likeness (QED) is 0.865. The zero-order valence-corrected chi connectivity index (χ0v) is 12.3. The number of fused-ring (bicyclic) bond motifs is 1. The van der Waals surface area contributed by atoms with Crippen LogP contribution >= 0.6 is 0 Å². The molecule has 1 fully saturated rings. The number of hydrogen-bond acceptors (Lipinski definition) is 2. The van der Waals surface area contributed by atoms with E-state index in [1.54, 1.807) is 0 Å². The van der Waals surface area contributed by atoms with Crippen LogP contribution in [0, 0.1) is 0 Å². The summed E-state index contributed by atoms with van der Waals surface area (Å²) in [5, 5.41) is 6.68. The largest absolute Gasteiger partial charge is 0.384 e. The van der Waals surface area contributed by atoms with Gasteiger partial charge in [0, 0.05) is 12.1 Å². The first-order chi connectivity index (χ1) is 9.68. The molecule has 1 aromatic carbocycles. The summed E-state index contributed by atoms with van der Waals surface area (Å²) >= 11 is 0. The fraction of sp³-hybridized carbons (Fsp3) is 0.588. The van der Waals surface area contributed by atoms with Crippen molar-refractivity contribution in [2.75, 3.05) is 11.9 Å².